The highest BCUT2D eigenvalue weighted by atomic mass is 32.1. The van der Waals surface area contributed by atoms with Gasteiger partial charge in [0.1, 0.15) is 0 Å². The molecule has 4 heterocycles. The third kappa shape index (κ3) is 5.46. The number of fused-ring (bicyclic) bond motifs is 6. The Bertz CT molecular complexity index is 3170. The van der Waals surface area contributed by atoms with Gasteiger partial charge < -0.3 is 4.57 Å². The summed E-state index contributed by atoms with van der Waals surface area (Å²) in [5.74, 6) is 1.93. The van der Waals surface area contributed by atoms with Crippen LogP contribution in [0.25, 0.3) is 104 Å². The van der Waals surface area contributed by atoms with Crippen molar-refractivity contribution in [2.24, 2.45) is 0 Å². The van der Waals surface area contributed by atoms with Gasteiger partial charge in [-0.1, -0.05) is 140 Å². The summed E-state index contributed by atoms with van der Waals surface area (Å²) >= 11 is 1.79. The molecule has 0 spiro atoms. The third-order valence-electron chi connectivity index (χ3n) is 10.6. The fraction of sp³-hybridized carbons (Fsp3) is 0. The molecule has 7 aromatic carbocycles. The number of para-hydroxylation sites is 1. The minimum Gasteiger partial charge on any atom is -0.309 e. The first-order valence-electron chi connectivity index (χ1n) is 18.6. The van der Waals surface area contributed by atoms with E-state index in [4.69, 9.17) is 15.0 Å². The summed E-state index contributed by atoms with van der Waals surface area (Å²) in [6, 6.07) is 61.9. The number of nitrogens with zero attached hydrogens (tertiary/aromatic N) is 5. The molecule has 0 unspecified atom stereocenters. The predicted octanol–water partition coefficient (Wildman–Crippen LogP) is 13.1. The molecule has 56 heavy (non-hydrogen) atoms. The van der Waals surface area contributed by atoms with Gasteiger partial charge in [-0.15, -0.1) is 11.3 Å². The van der Waals surface area contributed by atoms with Crippen LogP contribution in [0.2, 0.25) is 0 Å². The van der Waals surface area contributed by atoms with E-state index in [0.29, 0.717) is 17.5 Å². The van der Waals surface area contributed by atoms with E-state index >= 15 is 0 Å². The van der Waals surface area contributed by atoms with Gasteiger partial charge in [-0.05, 0) is 53.1 Å². The summed E-state index contributed by atoms with van der Waals surface area (Å²) < 4.78 is 4.82. The quantitative estimate of drug-likeness (QED) is 0.171. The molecule has 0 N–H and O–H groups in total. The largest absolute Gasteiger partial charge is 0.309 e. The highest BCUT2D eigenvalue weighted by Crippen LogP contribution is 2.43. The average Bonchev–Trinajstić information content (AvgIpc) is 3.82. The molecule has 0 radical (unpaired) electrons. The smallest absolute Gasteiger partial charge is 0.164 e. The van der Waals surface area contributed by atoms with E-state index < -0.39 is 0 Å². The lowest BCUT2D eigenvalue weighted by atomic mass is 10.00. The van der Waals surface area contributed by atoms with Crippen LogP contribution in [0.1, 0.15) is 0 Å². The molecule has 0 aliphatic carbocycles. The Morgan fingerprint density at radius 3 is 1.62 bits per heavy atom. The van der Waals surface area contributed by atoms with Gasteiger partial charge in [-0.3, -0.25) is 4.98 Å². The van der Waals surface area contributed by atoms with Gasteiger partial charge in [0.25, 0.3) is 0 Å². The maximum Gasteiger partial charge on any atom is 0.164 e. The molecule has 0 aliphatic heterocycles. The van der Waals surface area contributed by atoms with Crippen LogP contribution in [0.15, 0.2) is 188 Å². The van der Waals surface area contributed by atoms with Crippen LogP contribution in [-0.2, 0) is 0 Å². The lowest BCUT2D eigenvalue weighted by Gasteiger charge is -2.13. The Balaban J connectivity index is 1.09. The molecule has 0 atom stereocenters. The molecule has 11 aromatic rings. The molecule has 0 saturated heterocycles. The number of aromatic nitrogens is 5. The van der Waals surface area contributed by atoms with Crippen molar-refractivity contribution in [2.75, 3.05) is 0 Å². The molecular formula is C50H31N5S. The van der Waals surface area contributed by atoms with Crippen LogP contribution in [0.3, 0.4) is 0 Å². The van der Waals surface area contributed by atoms with Crippen molar-refractivity contribution < 1.29 is 0 Å². The van der Waals surface area contributed by atoms with Gasteiger partial charge in [0.05, 0.1) is 15.7 Å². The van der Waals surface area contributed by atoms with Crippen molar-refractivity contribution in [3.63, 3.8) is 0 Å². The fourth-order valence-corrected chi connectivity index (χ4v) is 9.05. The lowest BCUT2D eigenvalue weighted by Crippen LogP contribution is -2.00. The average molecular weight is 734 g/mol. The number of hydrogen-bond donors (Lipinski definition) is 0. The zero-order valence-corrected chi connectivity index (χ0v) is 30.9. The topological polar surface area (TPSA) is 56.5 Å². The van der Waals surface area contributed by atoms with Crippen molar-refractivity contribution >= 4 is 53.3 Å². The van der Waals surface area contributed by atoms with Crippen molar-refractivity contribution in [1.82, 2.24) is 24.5 Å². The van der Waals surface area contributed by atoms with Crippen LogP contribution in [-0.4, -0.2) is 24.5 Å². The maximum atomic E-state index is 4.98. The Morgan fingerprint density at radius 2 is 0.946 bits per heavy atom. The summed E-state index contributed by atoms with van der Waals surface area (Å²) in [7, 11) is 0. The van der Waals surface area contributed by atoms with Gasteiger partial charge in [0.2, 0.25) is 0 Å². The van der Waals surface area contributed by atoms with Crippen molar-refractivity contribution in [3.8, 4) is 62.1 Å². The van der Waals surface area contributed by atoms with E-state index in [1.54, 1.807) is 11.3 Å². The monoisotopic (exact) mass is 733 g/mol. The zero-order chi connectivity index (χ0) is 37.0. The Hall–Kier alpha value is -7.28. The molecule has 0 bridgehead atoms. The highest BCUT2D eigenvalue weighted by molar-refractivity contribution is 7.26. The summed E-state index contributed by atoms with van der Waals surface area (Å²) in [6.45, 7) is 0. The highest BCUT2D eigenvalue weighted by Gasteiger charge is 2.19. The van der Waals surface area contributed by atoms with E-state index in [0.717, 1.165) is 27.9 Å². The molecule has 262 valence electrons. The summed E-state index contributed by atoms with van der Waals surface area (Å²) in [5.41, 5.74) is 11.0. The minimum absolute atomic E-state index is 0.635. The van der Waals surface area contributed by atoms with Crippen LogP contribution in [0.4, 0.5) is 0 Å². The second-order valence-corrected chi connectivity index (χ2v) is 15.0. The predicted molar refractivity (Wildman–Crippen MR) is 232 cm³/mol. The van der Waals surface area contributed by atoms with Gasteiger partial charge in [0, 0.05) is 66.6 Å². The van der Waals surface area contributed by atoms with Crippen LogP contribution < -0.4 is 0 Å². The summed E-state index contributed by atoms with van der Waals surface area (Å²) in [4.78, 5) is 19.3. The number of pyridine rings is 1. The standard InChI is InChI=1S/C50H31N5S/c1-4-12-32(13-5-1)37-24-25-45-42(28-37)39-18-10-11-19-44(39)55(45)38-29-41(47-43(30-38)40-26-27-51-31-46(40)56-47)33-20-22-36(23-21-33)50-53-48(34-14-6-2-7-15-34)52-49(54-50)35-16-8-3-9-17-35/h1-31H. The first kappa shape index (κ1) is 32.2. The van der Waals surface area contributed by atoms with Crippen LogP contribution >= 0.6 is 11.3 Å². The van der Waals surface area contributed by atoms with Crippen molar-refractivity contribution in [2.45, 2.75) is 0 Å². The zero-order valence-electron chi connectivity index (χ0n) is 30.0. The van der Waals surface area contributed by atoms with Crippen LogP contribution in [0, 0.1) is 0 Å². The number of rotatable bonds is 6. The maximum absolute atomic E-state index is 4.98. The first-order chi connectivity index (χ1) is 27.7. The SMILES string of the molecule is c1ccc(-c2ccc3c(c2)c2ccccc2n3-c2cc(-c3ccc(-c4nc(-c5ccccc5)nc(-c5ccccc5)n4)cc3)c3sc4cnccc4c3c2)cc1. The molecule has 5 nitrogen and oxygen atoms in total. The molecule has 6 heteroatoms. The van der Waals surface area contributed by atoms with E-state index in [2.05, 4.69) is 125 Å². The summed E-state index contributed by atoms with van der Waals surface area (Å²) in [5, 5.41) is 4.88. The second kappa shape index (κ2) is 13.2. The van der Waals surface area contributed by atoms with Gasteiger partial charge in [-0.2, -0.15) is 0 Å². The Labute approximate surface area is 326 Å². The minimum atomic E-state index is 0.635. The summed E-state index contributed by atoms with van der Waals surface area (Å²) in [6.07, 6.45) is 3.87. The van der Waals surface area contributed by atoms with Crippen molar-refractivity contribution in [3.05, 3.63) is 188 Å². The van der Waals surface area contributed by atoms with Gasteiger partial charge >= 0.3 is 0 Å². The number of hydrogen-bond acceptors (Lipinski definition) is 5. The van der Waals surface area contributed by atoms with E-state index in [-0.39, 0.29) is 0 Å². The first-order valence-corrected chi connectivity index (χ1v) is 19.4. The lowest BCUT2D eigenvalue weighted by molar-refractivity contribution is 1.07. The molecule has 4 aromatic heterocycles. The fourth-order valence-electron chi connectivity index (χ4n) is 7.86. The van der Waals surface area contributed by atoms with Crippen LogP contribution in [0.5, 0.6) is 0 Å². The van der Waals surface area contributed by atoms with Gasteiger partial charge in [0.15, 0.2) is 17.5 Å². The molecule has 0 saturated carbocycles. The van der Waals surface area contributed by atoms with E-state index in [9.17, 15) is 0 Å². The van der Waals surface area contributed by atoms with E-state index in [1.165, 1.54) is 58.7 Å². The molecule has 0 amide bonds. The van der Waals surface area contributed by atoms with Gasteiger partial charge in [-0.25, -0.2) is 15.0 Å². The number of benzene rings is 7. The second-order valence-electron chi connectivity index (χ2n) is 13.9. The molecule has 11 rings (SSSR count). The normalized spacial score (nSPS) is 11.6. The Kier molecular flexibility index (Phi) is 7.60. The number of thiophene rings is 1. The van der Waals surface area contributed by atoms with E-state index in [1.807, 2.05) is 73.1 Å². The Morgan fingerprint density at radius 1 is 0.393 bits per heavy atom. The van der Waals surface area contributed by atoms with Crippen molar-refractivity contribution in [1.29, 1.82) is 0 Å². The molecular weight excluding hydrogens is 703 g/mol. The third-order valence-corrected chi connectivity index (χ3v) is 11.7. The molecule has 0 aliphatic rings. The molecule has 0 fully saturated rings.